The summed E-state index contributed by atoms with van der Waals surface area (Å²) in [6, 6.07) is 3.79. The van der Waals surface area contributed by atoms with Crippen LogP contribution in [0.15, 0.2) is 24.4 Å². The molecule has 0 atom stereocenters. The average Bonchev–Trinajstić information content (AvgIpc) is 3.15. The highest BCUT2D eigenvalue weighted by atomic mass is 32.1. The Morgan fingerprint density at radius 1 is 1.35 bits per heavy atom. The molecule has 1 aliphatic heterocycles. The van der Waals surface area contributed by atoms with E-state index in [4.69, 9.17) is 4.74 Å². The van der Waals surface area contributed by atoms with E-state index < -0.39 is 12.3 Å². The Hall–Kier alpha value is -2.66. The molecule has 0 fully saturated rings. The molecule has 0 saturated heterocycles. The standard InChI is InChI=1S/C15H11F3N4O3S/c16-15(17,18)25-8-1-2-9-11(5-8)26-14(20-9)21-13(23)10-6-22-3-4-24-7-12(22)19-10/h1-2,5-6H,3-4,7H2,(H,20,21,23). The molecule has 0 spiro atoms. The Kier molecular flexibility index (Phi) is 4.04. The highest BCUT2D eigenvalue weighted by Gasteiger charge is 2.31. The molecule has 7 nitrogen and oxygen atoms in total. The number of alkyl halides is 3. The van der Waals surface area contributed by atoms with Gasteiger partial charge in [-0.15, -0.1) is 13.2 Å². The summed E-state index contributed by atoms with van der Waals surface area (Å²) in [7, 11) is 0. The van der Waals surface area contributed by atoms with Crippen LogP contribution in [0, 0.1) is 0 Å². The van der Waals surface area contributed by atoms with E-state index in [-0.39, 0.29) is 16.6 Å². The number of hydrogen-bond donors (Lipinski definition) is 1. The summed E-state index contributed by atoms with van der Waals surface area (Å²) in [4.78, 5) is 20.7. The second-order valence-corrected chi connectivity index (χ2v) is 6.47. The van der Waals surface area contributed by atoms with Gasteiger partial charge < -0.3 is 14.0 Å². The quantitative estimate of drug-likeness (QED) is 0.751. The second kappa shape index (κ2) is 6.25. The third-order valence-electron chi connectivity index (χ3n) is 3.61. The molecule has 0 saturated carbocycles. The number of ether oxygens (including phenoxy) is 2. The number of fused-ring (bicyclic) bond motifs is 2. The number of nitrogens with one attached hydrogen (secondary N) is 1. The van der Waals surface area contributed by atoms with Crippen LogP contribution in [0.1, 0.15) is 16.3 Å². The molecular formula is C15H11F3N4O3S. The lowest BCUT2D eigenvalue weighted by Gasteiger charge is -2.13. The number of imidazole rings is 1. The van der Waals surface area contributed by atoms with Crippen molar-refractivity contribution < 1.29 is 27.4 Å². The molecule has 0 bridgehead atoms. The largest absolute Gasteiger partial charge is 0.573 e. The van der Waals surface area contributed by atoms with Crippen molar-refractivity contribution >= 4 is 32.6 Å². The van der Waals surface area contributed by atoms with Gasteiger partial charge in [0.25, 0.3) is 5.91 Å². The number of nitrogens with zero attached hydrogens (tertiary/aromatic N) is 3. The lowest BCUT2D eigenvalue weighted by Crippen LogP contribution is -2.16. The first-order valence-corrected chi connectivity index (χ1v) is 8.30. The maximum absolute atomic E-state index is 12.3. The third-order valence-corrected chi connectivity index (χ3v) is 4.55. The van der Waals surface area contributed by atoms with E-state index in [1.165, 1.54) is 18.2 Å². The highest BCUT2D eigenvalue weighted by molar-refractivity contribution is 7.22. The van der Waals surface area contributed by atoms with Crippen LogP contribution in [0.25, 0.3) is 10.2 Å². The van der Waals surface area contributed by atoms with Crippen LogP contribution >= 0.6 is 11.3 Å². The Balaban J connectivity index is 1.53. The molecule has 0 radical (unpaired) electrons. The first-order chi connectivity index (χ1) is 12.4. The van der Waals surface area contributed by atoms with Crippen molar-refractivity contribution in [2.24, 2.45) is 0 Å². The monoisotopic (exact) mass is 384 g/mol. The summed E-state index contributed by atoms with van der Waals surface area (Å²) in [5, 5.41) is 2.87. The molecule has 3 aromatic rings. The van der Waals surface area contributed by atoms with Gasteiger partial charge >= 0.3 is 6.36 Å². The lowest BCUT2D eigenvalue weighted by atomic mass is 10.3. The van der Waals surface area contributed by atoms with Gasteiger partial charge in [-0.2, -0.15) is 0 Å². The minimum atomic E-state index is -4.76. The molecular weight excluding hydrogens is 373 g/mol. The predicted molar refractivity (Wildman–Crippen MR) is 86.1 cm³/mol. The minimum Gasteiger partial charge on any atom is -0.406 e. The first-order valence-electron chi connectivity index (χ1n) is 7.49. The van der Waals surface area contributed by atoms with E-state index in [2.05, 4.69) is 20.0 Å². The van der Waals surface area contributed by atoms with Crippen molar-refractivity contribution in [3.05, 3.63) is 35.9 Å². The average molecular weight is 384 g/mol. The Labute approximate surface area is 148 Å². The maximum Gasteiger partial charge on any atom is 0.573 e. The zero-order valence-electron chi connectivity index (χ0n) is 13.0. The van der Waals surface area contributed by atoms with Crippen molar-refractivity contribution in [1.29, 1.82) is 0 Å². The van der Waals surface area contributed by atoms with Crippen molar-refractivity contribution in [3.63, 3.8) is 0 Å². The number of carbonyl (C=O) groups excluding carboxylic acids is 1. The van der Waals surface area contributed by atoms with E-state index >= 15 is 0 Å². The van der Waals surface area contributed by atoms with Gasteiger partial charge in [0.2, 0.25) is 0 Å². The number of anilines is 1. The molecule has 1 N–H and O–H groups in total. The van der Waals surface area contributed by atoms with Gasteiger partial charge in [-0.25, -0.2) is 9.97 Å². The smallest absolute Gasteiger partial charge is 0.406 e. The normalized spacial score (nSPS) is 14.3. The molecule has 0 aliphatic carbocycles. The number of aromatic nitrogens is 3. The van der Waals surface area contributed by atoms with Crippen molar-refractivity contribution in [1.82, 2.24) is 14.5 Å². The van der Waals surface area contributed by atoms with Gasteiger partial charge in [0.15, 0.2) is 5.13 Å². The summed E-state index contributed by atoms with van der Waals surface area (Å²) in [5.74, 6) is -0.120. The van der Waals surface area contributed by atoms with Gasteiger partial charge in [-0.3, -0.25) is 10.1 Å². The van der Waals surface area contributed by atoms with E-state index in [1.807, 2.05) is 4.57 Å². The zero-order chi connectivity index (χ0) is 18.3. The molecule has 1 aromatic carbocycles. The number of carbonyl (C=O) groups is 1. The molecule has 11 heteroatoms. The maximum atomic E-state index is 12.3. The Bertz CT molecular complexity index is 959. The Morgan fingerprint density at radius 2 is 2.19 bits per heavy atom. The molecule has 2 aromatic heterocycles. The number of hydrogen-bond acceptors (Lipinski definition) is 6. The van der Waals surface area contributed by atoms with Crippen LogP contribution in [0.2, 0.25) is 0 Å². The van der Waals surface area contributed by atoms with E-state index in [1.54, 1.807) is 6.20 Å². The minimum absolute atomic E-state index is 0.228. The van der Waals surface area contributed by atoms with E-state index in [0.717, 1.165) is 11.3 Å². The zero-order valence-corrected chi connectivity index (χ0v) is 13.9. The fourth-order valence-corrected chi connectivity index (χ4v) is 3.40. The molecule has 1 amide bonds. The lowest BCUT2D eigenvalue weighted by molar-refractivity contribution is -0.274. The molecule has 4 rings (SSSR count). The number of halogens is 3. The molecule has 136 valence electrons. The third kappa shape index (κ3) is 3.48. The fraction of sp³-hybridized carbons (Fsp3) is 0.267. The SMILES string of the molecule is O=C(Nc1nc2ccc(OC(F)(F)F)cc2s1)c1cn2c(n1)COCC2. The van der Waals surface area contributed by atoms with Crippen molar-refractivity contribution in [2.75, 3.05) is 11.9 Å². The van der Waals surface area contributed by atoms with Crippen molar-refractivity contribution in [2.45, 2.75) is 19.5 Å². The number of benzene rings is 1. The summed E-state index contributed by atoms with van der Waals surface area (Å²) < 4.78 is 48.3. The summed E-state index contributed by atoms with van der Waals surface area (Å²) in [5.41, 5.74) is 0.684. The van der Waals surface area contributed by atoms with Crippen LogP contribution in [0.4, 0.5) is 18.3 Å². The number of rotatable bonds is 3. The van der Waals surface area contributed by atoms with E-state index in [0.29, 0.717) is 35.8 Å². The van der Waals surface area contributed by atoms with Crippen LogP contribution in [0.3, 0.4) is 0 Å². The topological polar surface area (TPSA) is 78.3 Å². The van der Waals surface area contributed by atoms with E-state index in [9.17, 15) is 18.0 Å². The first kappa shape index (κ1) is 16.8. The number of amides is 1. The van der Waals surface area contributed by atoms with Crippen LogP contribution in [0.5, 0.6) is 5.75 Å². The summed E-state index contributed by atoms with van der Waals surface area (Å²) >= 11 is 1.05. The summed E-state index contributed by atoms with van der Waals surface area (Å²) in [6.07, 6.45) is -3.13. The van der Waals surface area contributed by atoms with Gasteiger partial charge in [-0.05, 0) is 12.1 Å². The van der Waals surface area contributed by atoms with Crippen LogP contribution in [-0.4, -0.2) is 33.4 Å². The Morgan fingerprint density at radius 3 is 2.96 bits per heavy atom. The van der Waals surface area contributed by atoms with Gasteiger partial charge in [0.1, 0.15) is 23.9 Å². The molecule has 0 unspecified atom stereocenters. The van der Waals surface area contributed by atoms with Crippen LogP contribution in [-0.2, 0) is 17.9 Å². The van der Waals surface area contributed by atoms with Gasteiger partial charge in [0.05, 0.1) is 16.8 Å². The predicted octanol–water partition coefficient (Wildman–Crippen LogP) is 3.17. The molecule has 3 heterocycles. The fourth-order valence-electron chi connectivity index (χ4n) is 2.52. The molecule has 1 aliphatic rings. The van der Waals surface area contributed by atoms with Gasteiger partial charge in [-0.1, -0.05) is 11.3 Å². The van der Waals surface area contributed by atoms with Crippen LogP contribution < -0.4 is 10.1 Å². The number of thiazole rings is 1. The summed E-state index contributed by atoms with van der Waals surface area (Å²) in [6.45, 7) is 1.53. The van der Waals surface area contributed by atoms with Gasteiger partial charge in [0, 0.05) is 18.8 Å². The molecule has 26 heavy (non-hydrogen) atoms. The highest BCUT2D eigenvalue weighted by Crippen LogP contribution is 2.31. The second-order valence-electron chi connectivity index (χ2n) is 5.44. The van der Waals surface area contributed by atoms with Crippen molar-refractivity contribution in [3.8, 4) is 5.75 Å².